The molecule has 1 aliphatic rings. The van der Waals surface area contributed by atoms with Crippen LogP contribution in [0.2, 0.25) is 0 Å². The van der Waals surface area contributed by atoms with Crippen LogP contribution < -0.4 is 11.5 Å². The topological polar surface area (TPSA) is 109 Å². The van der Waals surface area contributed by atoms with E-state index in [0.717, 1.165) is 12.1 Å². The summed E-state index contributed by atoms with van der Waals surface area (Å²) in [5.41, 5.74) is 9.28. The highest BCUT2D eigenvalue weighted by atomic mass is 19.4. The second kappa shape index (κ2) is 6.97. The van der Waals surface area contributed by atoms with Crippen molar-refractivity contribution in [3.05, 3.63) is 57.8 Å². The molecule has 0 amide bonds. The van der Waals surface area contributed by atoms with E-state index in [0.29, 0.717) is 0 Å². The molecule has 8 heteroatoms. The standard InChI is InChI=1S/C20H19F3N4O/c1-5-12-6-13(8-14(7-12)20(21,22)23)19(10(2)3)15(9-24)17(26)28-18(27)16(19)11(4)25/h1,6-8,10,25H,26-27H2,2-4H3. The molecule has 0 aliphatic carbocycles. The molecule has 1 aliphatic heterocycles. The molecule has 5 N–H and O–H groups in total. The van der Waals surface area contributed by atoms with Crippen LogP contribution in [-0.2, 0) is 16.3 Å². The van der Waals surface area contributed by atoms with Crippen LogP contribution in [0.5, 0.6) is 0 Å². The van der Waals surface area contributed by atoms with Crippen LogP contribution in [0.15, 0.2) is 41.1 Å². The minimum Gasteiger partial charge on any atom is -0.424 e. The van der Waals surface area contributed by atoms with E-state index in [1.54, 1.807) is 13.8 Å². The van der Waals surface area contributed by atoms with Crippen LogP contribution in [0.3, 0.4) is 0 Å². The largest absolute Gasteiger partial charge is 0.424 e. The fourth-order valence-electron chi connectivity index (χ4n) is 3.66. The molecule has 5 nitrogen and oxygen atoms in total. The number of alkyl halides is 3. The number of hydrogen-bond donors (Lipinski definition) is 3. The molecular formula is C20H19F3N4O. The van der Waals surface area contributed by atoms with Crippen molar-refractivity contribution in [2.24, 2.45) is 17.4 Å². The van der Waals surface area contributed by atoms with Crippen LogP contribution in [0, 0.1) is 35.0 Å². The average molecular weight is 388 g/mol. The third kappa shape index (κ3) is 3.07. The molecule has 2 rings (SSSR count). The number of nitrogens with two attached hydrogens (primary N) is 2. The lowest BCUT2D eigenvalue weighted by Crippen LogP contribution is -2.45. The first-order chi connectivity index (χ1) is 12.9. The van der Waals surface area contributed by atoms with Crippen molar-refractivity contribution in [2.45, 2.75) is 32.4 Å². The zero-order valence-corrected chi connectivity index (χ0v) is 15.5. The van der Waals surface area contributed by atoms with Gasteiger partial charge in [-0.05, 0) is 36.6 Å². The molecule has 0 fully saturated rings. The van der Waals surface area contributed by atoms with Gasteiger partial charge in [-0.15, -0.1) is 6.42 Å². The van der Waals surface area contributed by atoms with E-state index in [-0.39, 0.29) is 39.8 Å². The van der Waals surface area contributed by atoms with Crippen LogP contribution in [0.1, 0.15) is 37.5 Å². The molecule has 1 unspecified atom stereocenters. The molecule has 0 aromatic heterocycles. The molecule has 1 heterocycles. The molecular weight excluding hydrogens is 369 g/mol. The summed E-state index contributed by atoms with van der Waals surface area (Å²) in [6.45, 7) is 4.80. The SMILES string of the molecule is C#Cc1cc(C(F)(F)F)cc(C2(C(C)C)C(C#N)=C(N)OC(N)=C2C(C)=N)c1. The third-order valence-corrected chi connectivity index (χ3v) is 4.74. The number of nitrogens with zero attached hydrogens (tertiary/aromatic N) is 1. The Hall–Kier alpha value is -3.39. The van der Waals surface area contributed by atoms with Gasteiger partial charge in [0.15, 0.2) is 5.88 Å². The Morgan fingerprint density at radius 3 is 2.29 bits per heavy atom. The lowest BCUT2D eigenvalue weighted by atomic mass is 9.60. The normalized spacial score (nSPS) is 19.9. The van der Waals surface area contributed by atoms with E-state index < -0.39 is 23.1 Å². The summed E-state index contributed by atoms with van der Waals surface area (Å²) >= 11 is 0. The van der Waals surface area contributed by atoms with Gasteiger partial charge in [0.05, 0.1) is 11.0 Å². The highest BCUT2D eigenvalue weighted by Gasteiger charge is 2.51. The fraction of sp³-hybridized carbons (Fsp3) is 0.300. The van der Waals surface area contributed by atoms with Gasteiger partial charge >= 0.3 is 6.18 Å². The smallest absolute Gasteiger partial charge is 0.416 e. The van der Waals surface area contributed by atoms with Crippen LogP contribution in [0.25, 0.3) is 0 Å². The second-order valence-corrected chi connectivity index (χ2v) is 6.72. The zero-order valence-electron chi connectivity index (χ0n) is 15.5. The number of allylic oxidation sites excluding steroid dienone is 2. The third-order valence-electron chi connectivity index (χ3n) is 4.74. The number of halogens is 3. The van der Waals surface area contributed by atoms with E-state index in [1.807, 2.05) is 6.07 Å². The van der Waals surface area contributed by atoms with Crippen molar-refractivity contribution >= 4 is 5.71 Å². The van der Waals surface area contributed by atoms with E-state index in [1.165, 1.54) is 13.0 Å². The first-order valence-electron chi connectivity index (χ1n) is 8.24. The summed E-state index contributed by atoms with van der Waals surface area (Å²) in [5, 5.41) is 18.0. The van der Waals surface area contributed by atoms with Gasteiger partial charge in [0.25, 0.3) is 0 Å². The molecule has 0 saturated carbocycles. The predicted molar refractivity (Wildman–Crippen MR) is 98.4 cm³/mol. The maximum absolute atomic E-state index is 13.5. The maximum Gasteiger partial charge on any atom is 0.416 e. The predicted octanol–water partition coefficient (Wildman–Crippen LogP) is 3.51. The summed E-state index contributed by atoms with van der Waals surface area (Å²) in [5.74, 6) is 1.15. The number of rotatable bonds is 3. The quantitative estimate of drug-likeness (QED) is 0.544. The molecule has 146 valence electrons. The van der Waals surface area contributed by atoms with E-state index >= 15 is 0 Å². The second-order valence-electron chi connectivity index (χ2n) is 6.72. The number of ether oxygens (including phenoxy) is 1. The van der Waals surface area contributed by atoms with Crippen molar-refractivity contribution in [3.63, 3.8) is 0 Å². The molecule has 1 atom stereocenters. The number of nitriles is 1. The molecule has 28 heavy (non-hydrogen) atoms. The number of hydrogen-bond acceptors (Lipinski definition) is 5. The van der Waals surface area contributed by atoms with Crippen molar-refractivity contribution in [1.82, 2.24) is 0 Å². The van der Waals surface area contributed by atoms with Crippen LogP contribution in [0.4, 0.5) is 13.2 Å². The van der Waals surface area contributed by atoms with Gasteiger partial charge in [0.1, 0.15) is 11.6 Å². The van der Waals surface area contributed by atoms with Gasteiger partial charge in [-0.25, -0.2) is 0 Å². The Labute approximate surface area is 161 Å². The van der Waals surface area contributed by atoms with Crippen molar-refractivity contribution in [1.29, 1.82) is 10.7 Å². The fourth-order valence-corrected chi connectivity index (χ4v) is 3.66. The Bertz CT molecular complexity index is 990. The lowest BCUT2D eigenvalue weighted by Gasteiger charge is -2.43. The van der Waals surface area contributed by atoms with Crippen LogP contribution >= 0.6 is 0 Å². The number of terminal acetylenes is 1. The number of nitrogens with one attached hydrogen (secondary N) is 1. The van der Waals surface area contributed by atoms with Crippen molar-refractivity contribution in [2.75, 3.05) is 0 Å². The zero-order chi connectivity index (χ0) is 21.4. The monoisotopic (exact) mass is 388 g/mol. The first-order valence-corrected chi connectivity index (χ1v) is 8.24. The Balaban J connectivity index is 3.08. The summed E-state index contributed by atoms with van der Waals surface area (Å²) < 4.78 is 45.7. The minimum atomic E-state index is -4.66. The molecule has 0 radical (unpaired) electrons. The maximum atomic E-state index is 13.5. The van der Waals surface area contributed by atoms with Gasteiger partial charge < -0.3 is 21.6 Å². The van der Waals surface area contributed by atoms with Crippen molar-refractivity contribution < 1.29 is 17.9 Å². The highest BCUT2D eigenvalue weighted by Crippen LogP contribution is 2.50. The molecule has 0 spiro atoms. The summed E-state index contributed by atoms with van der Waals surface area (Å²) in [4.78, 5) is 0. The molecule has 1 aromatic carbocycles. The number of benzene rings is 1. The summed E-state index contributed by atoms with van der Waals surface area (Å²) in [6.07, 6.45) is 0.709. The Morgan fingerprint density at radius 1 is 1.25 bits per heavy atom. The highest BCUT2D eigenvalue weighted by molar-refractivity contribution is 6.00. The Kier molecular flexibility index (Phi) is 5.21. The molecule has 1 aromatic rings. The first kappa shape index (κ1) is 20.9. The van der Waals surface area contributed by atoms with Gasteiger partial charge in [-0.2, -0.15) is 18.4 Å². The van der Waals surface area contributed by atoms with Gasteiger partial charge in [-0.3, -0.25) is 0 Å². The Morgan fingerprint density at radius 2 is 1.86 bits per heavy atom. The minimum absolute atomic E-state index is 0.0206. The average Bonchev–Trinajstić information content (AvgIpc) is 2.58. The molecule has 0 bridgehead atoms. The van der Waals surface area contributed by atoms with Crippen molar-refractivity contribution in [3.8, 4) is 18.4 Å². The van der Waals surface area contributed by atoms with Gasteiger partial charge in [-0.1, -0.05) is 19.8 Å². The van der Waals surface area contributed by atoms with Gasteiger partial charge in [0, 0.05) is 16.8 Å². The molecule has 0 saturated heterocycles. The van der Waals surface area contributed by atoms with E-state index in [4.69, 9.17) is 28.0 Å². The lowest BCUT2D eigenvalue weighted by molar-refractivity contribution is -0.137. The van der Waals surface area contributed by atoms with Gasteiger partial charge in [0.2, 0.25) is 5.88 Å². The van der Waals surface area contributed by atoms with Crippen LogP contribution in [-0.4, -0.2) is 5.71 Å². The van der Waals surface area contributed by atoms with E-state index in [2.05, 4.69) is 5.92 Å². The van der Waals surface area contributed by atoms with E-state index in [9.17, 15) is 18.4 Å². The summed E-state index contributed by atoms with van der Waals surface area (Å²) in [7, 11) is 0. The summed E-state index contributed by atoms with van der Waals surface area (Å²) in [6, 6.07) is 5.07.